The van der Waals surface area contributed by atoms with E-state index in [9.17, 15) is 13.2 Å². The first-order valence-electron chi connectivity index (χ1n) is 5.80. The van der Waals surface area contributed by atoms with Crippen LogP contribution in [0.5, 0.6) is 0 Å². The molecule has 0 aliphatic carbocycles. The first-order chi connectivity index (χ1) is 8.99. The molecule has 0 aliphatic rings. The van der Waals surface area contributed by atoms with E-state index in [1.165, 1.54) is 4.90 Å². The fraction of sp³-hybridized carbons (Fsp3) is 0.385. The molecule has 104 valence electrons. The summed E-state index contributed by atoms with van der Waals surface area (Å²) in [6.45, 7) is -0.165. The van der Waals surface area contributed by atoms with Crippen LogP contribution in [0.25, 0.3) is 10.1 Å². The first kappa shape index (κ1) is 14.8. The van der Waals surface area contributed by atoms with Crippen LogP contribution in [0.1, 0.15) is 5.56 Å². The second-order valence-electron chi connectivity index (χ2n) is 4.27. The lowest BCUT2D eigenvalue weighted by Gasteiger charge is -2.22. The van der Waals surface area contributed by atoms with Crippen LogP contribution in [0.3, 0.4) is 0 Å². The van der Waals surface area contributed by atoms with Gasteiger partial charge in [0.25, 0.3) is 0 Å². The van der Waals surface area contributed by atoms with Crippen molar-refractivity contribution in [2.24, 2.45) is 0 Å². The number of fused-ring (bicyclic) bond motifs is 1. The van der Waals surface area contributed by atoms with Crippen LogP contribution in [0, 0.1) is 0 Å². The Morgan fingerprint density at radius 1 is 1.21 bits per heavy atom. The molecule has 0 bridgehead atoms. The predicted molar refractivity (Wildman–Crippen MR) is 77.0 cm³/mol. The summed E-state index contributed by atoms with van der Waals surface area (Å²) in [6, 6.07) is 7.80. The highest BCUT2D eigenvalue weighted by Crippen LogP contribution is 2.27. The summed E-state index contributed by atoms with van der Waals surface area (Å²) in [4.78, 5) is 1.42. The molecule has 0 amide bonds. The van der Waals surface area contributed by atoms with Crippen molar-refractivity contribution in [1.82, 2.24) is 4.90 Å². The van der Waals surface area contributed by atoms with Crippen molar-refractivity contribution >= 4 is 37.4 Å². The Kier molecular flexibility index (Phi) is 4.86. The fourth-order valence-electron chi connectivity index (χ4n) is 1.98. The number of rotatable bonds is 5. The van der Waals surface area contributed by atoms with Gasteiger partial charge in [-0.3, -0.25) is 4.90 Å². The number of alkyl halides is 4. The molecule has 0 saturated carbocycles. The van der Waals surface area contributed by atoms with Crippen molar-refractivity contribution in [3.8, 4) is 0 Å². The number of nitrogens with zero attached hydrogens (tertiary/aromatic N) is 1. The van der Waals surface area contributed by atoms with Crippen LogP contribution in [0.4, 0.5) is 13.2 Å². The van der Waals surface area contributed by atoms with Crippen molar-refractivity contribution in [2.45, 2.75) is 12.7 Å². The summed E-state index contributed by atoms with van der Waals surface area (Å²) in [6.07, 6.45) is -4.16. The fourth-order valence-corrected chi connectivity index (χ4v) is 3.44. The van der Waals surface area contributed by atoms with Gasteiger partial charge < -0.3 is 0 Å². The third kappa shape index (κ3) is 4.19. The van der Waals surface area contributed by atoms with Crippen molar-refractivity contribution in [3.05, 3.63) is 35.2 Å². The van der Waals surface area contributed by atoms with E-state index in [2.05, 4.69) is 15.9 Å². The van der Waals surface area contributed by atoms with Crippen LogP contribution in [-0.4, -0.2) is 29.5 Å². The minimum atomic E-state index is -4.16. The van der Waals surface area contributed by atoms with Gasteiger partial charge >= 0.3 is 6.18 Å². The maximum absolute atomic E-state index is 12.5. The molecule has 0 spiro atoms. The largest absolute Gasteiger partial charge is 0.401 e. The second kappa shape index (κ2) is 6.24. The van der Waals surface area contributed by atoms with Crippen LogP contribution in [0.2, 0.25) is 0 Å². The van der Waals surface area contributed by atoms with Crippen molar-refractivity contribution in [3.63, 3.8) is 0 Å². The lowest BCUT2D eigenvalue weighted by Crippen LogP contribution is -2.35. The molecule has 19 heavy (non-hydrogen) atoms. The van der Waals surface area contributed by atoms with Gasteiger partial charge in [-0.05, 0) is 22.4 Å². The van der Waals surface area contributed by atoms with Crippen LogP contribution < -0.4 is 0 Å². The van der Waals surface area contributed by atoms with Gasteiger partial charge in [0.1, 0.15) is 0 Å². The zero-order chi connectivity index (χ0) is 13.9. The Bertz CT molecular complexity index is 538. The number of benzene rings is 1. The Labute approximate surface area is 122 Å². The molecule has 2 rings (SSSR count). The molecule has 0 unspecified atom stereocenters. The maximum atomic E-state index is 12.5. The molecule has 0 radical (unpaired) electrons. The van der Waals surface area contributed by atoms with E-state index < -0.39 is 12.7 Å². The number of thiophene rings is 1. The summed E-state index contributed by atoms with van der Waals surface area (Å²) in [7, 11) is 0. The van der Waals surface area contributed by atoms with E-state index in [0.717, 1.165) is 15.6 Å². The van der Waals surface area contributed by atoms with Gasteiger partial charge in [-0.25, -0.2) is 0 Å². The Morgan fingerprint density at radius 3 is 2.63 bits per heavy atom. The Hall–Kier alpha value is -0.590. The lowest BCUT2D eigenvalue weighted by molar-refractivity contribution is -0.146. The van der Waals surface area contributed by atoms with E-state index in [1.807, 2.05) is 29.6 Å². The van der Waals surface area contributed by atoms with E-state index in [0.29, 0.717) is 18.4 Å². The van der Waals surface area contributed by atoms with E-state index in [4.69, 9.17) is 0 Å². The van der Waals surface area contributed by atoms with E-state index in [1.54, 1.807) is 11.3 Å². The quantitative estimate of drug-likeness (QED) is 0.708. The first-order valence-corrected chi connectivity index (χ1v) is 7.80. The van der Waals surface area contributed by atoms with Gasteiger partial charge in [-0.1, -0.05) is 34.1 Å². The third-order valence-electron chi connectivity index (χ3n) is 2.76. The van der Waals surface area contributed by atoms with Crippen molar-refractivity contribution in [1.29, 1.82) is 0 Å². The lowest BCUT2D eigenvalue weighted by atomic mass is 10.1. The summed E-state index contributed by atoms with van der Waals surface area (Å²) in [5.74, 6) is 0. The summed E-state index contributed by atoms with van der Waals surface area (Å²) in [5.41, 5.74) is 0.964. The smallest absolute Gasteiger partial charge is 0.290 e. The molecule has 1 nitrogen and oxygen atoms in total. The number of hydrogen-bond acceptors (Lipinski definition) is 2. The van der Waals surface area contributed by atoms with Crippen LogP contribution in [-0.2, 0) is 6.54 Å². The average molecular weight is 352 g/mol. The highest BCUT2D eigenvalue weighted by atomic mass is 79.9. The third-order valence-corrected chi connectivity index (χ3v) is 4.13. The number of halogens is 4. The highest BCUT2D eigenvalue weighted by molar-refractivity contribution is 9.09. The van der Waals surface area contributed by atoms with Gasteiger partial charge in [0.05, 0.1) is 6.54 Å². The zero-order valence-corrected chi connectivity index (χ0v) is 12.5. The molecule has 1 heterocycles. The van der Waals surface area contributed by atoms with Crippen LogP contribution >= 0.6 is 27.3 Å². The normalized spacial score (nSPS) is 12.5. The molecule has 1 aromatic heterocycles. The molecule has 0 fully saturated rings. The summed E-state index contributed by atoms with van der Waals surface area (Å²) in [5, 5.41) is 3.53. The second-order valence-corrected chi connectivity index (χ2v) is 5.98. The van der Waals surface area contributed by atoms with Gasteiger partial charge in [0.15, 0.2) is 0 Å². The highest BCUT2D eigenvalue weighted by Gasteiger charge is 2.30. The Morgan fingerprint density at radius 2 is 1.95 bits per heavy atom. The monoisotopic (exact) mass is 351 g/mol. The molecule has 6 heteroatoms. The molecule has 0 saturated heterocycles. The summed E-state index contributed by atoms with van der Waals surface area (Å²) >= 11 is 4.78. The minimum absolute atomic E-state index is 0.328. The standard InChI is InChI=1S/C13H13BrF3NS/c14-5-6-18(9-13(15,16)17)7-10-8-19-12-4-2-1-3-11(10)12/h1-4,8H,5-7,9H2. The van der Waals surface area contributed by atoms with Crippen molar-refractivity contribution < 1.29 is 13.2 Å². The zero-order valence-electron chi connectivity index (χ0n) is 10.1. The molecular formula is C13H13BrF3NS. The molecule has 0 aliphatic heterocycles. The van der Waals surface area contributed by atoms with Crippen molar-refractivity contribution in [2.75, 3.05) is 18.4 Å². The molecule has 2 aromatic rings. The SMILES string of the molecule is FC(F)(F)CN(CCBr)Cc1csc2ccccc12. The number of hydrogen-bond donors (Lipinski definition) is 0. The molecular weight excluding hydrogens is 339 g/mol. The van der Waals surface area contributed by atoms with Gasteiger partial charge in [-0.15, -0.1) is 11.3 Å². The molecule has 0 atom stereocenters. The Balaban J connectivity index is 2.16. The molecule has 0 N–H and O–H groups in total. The maximum Gasteiger partial charge on any atom is 0.401 e. The average Bonchev–Trinajstić information content (AvgIpc) is 2.71. The van der Waals surface area contributed by atoms with Gasteiger partial charge in [0.2, 0.25) is 0 Å². The minimum Gasteiger partial charge on any atom is -0.290 e. The topological polar surface area (TPSA) is 3.24 Å². The van der Waals surface area contributed by atoms with Gasteiger partial charge in [0, 0.05) is 23.1 Å². The van der Waals surface area contributed by atoms with Gasteiger partial charge in [-0.2, -0.15) is 13.2 Å². The predicted octanol–water partition coefficient (Wildman–Crippen LogP) is 4.66. The van der Waals surface area contributed by atoms with E-state index in [-0.39, 0.29) is 0 Å². The summed E-state index contributed by atoms with van der Waals surface area (Å²) < 4.78 is 38.7. The van der Waals surface area contributed by atoms with Crippen LogP contribution in [0.15, 0.2) is 29.6 Å². The van der Waals surface area contributed by atoms with E-state index >= 15 is 0 Å². The molecule has 1 aromatic carbocycles.